The molecule has 0 radical (unpaired) electrons. The van der Waals surface area contributed by atoms with Crippen LogP contribution in [0.15, 0.2) is 29.2 Å². The van der Waals surface area contributed by atoms with Crippen LogP contribution in [0.5, 0.6) is 0 Å². The van der Waals surface area contributed by atoms with Crippen molar-refractivity contribution in [3.05, 3.63) is 41.6 Å². The number of furan rings is 1. The van der Waals surface area contributed by atoms with E-state index < -0.39 is 0 Å². The molecule has 0 aromatic carbocycles. The van der Waals surface area contributed by atoms with Gasteiger partial charge in [0.15, 0.2) is 0 Å². The Morgan fingerprint density at radius 1 is 1.62 bits per heavy atom. The summed E-state index contributed by atoms with van der Waals surface area (Å²) in [5.41, 5.74) is 5.94. The molecule has 5 nitrogen and oxygen atoms in total. The highest BCUT2D eigenvalue weighted by molar-refractivity contribution is 5.31. The molecule has 5 heteroatoms. The van der Waals surface area contributed by atoms with Crippen LogP contribution in [0.3, 0.4) is 0 Å². The van der Waals surface area contributed by atoms with Gasteiger partial charge in [-0.05, 0) is 12.5 Å². The van der Waals surface area contributed by atoms with Gasteiger partial charge in [-0.15, -0.1) is 0 Å². The van der Waals surface area contributed by atoms with E-state index in [-0.39, 0.29) is 6.04 Å². The van der Waals surface area contributed by atoms with Gasteiger partial charge in [-0.2, -0.15) is 5.10 Å². The molecule has 16 heavy (non-hydrogen) atoms. The molecule has 0 aliphatic carbocycles. The zero-order valence-electron chi connectivity index (χ0n) is 9.47. The van der Waals surface area contributed by atoms with Gasteiger partial charge in [0.25, 0.3) is 0 Å². The van der Waals surface area contributed by atoms with E-state index in [1.807, 2.05) is 19.3 Å². The zero-order valence-corrected chi connectivity index (χ0v) is 9.47. The van der Waals surface area contributed by atoms with Crippen LogP contribution in [0.4, 0.5) is 0 Å². The monoisotopic (exact) mass is 220 g/mol. The fraction of sp³-hybridized carbons (Fsp3) is 0.364. The number of hydrogen-bond donors (Lipinski definition) is 2. The predicted molar refractivity (Wildman–Crippen MR) is 60.5 cm³/mol. The Labute approximate surface area is 94.2 Å². The molecular weight excluding hydrogens is 204 g/mol. The number of aryl methyl sites for hydroxylation is 2. The average Bonchev–Trinajstić information content (AvgIpc) is 2.89. The van der Waals surface area contributed by atoms with Crippen LogP contribution in [0.1, 0.15) is 29.8 Å². The number of hydrazine groups is 1. The van der Waals surface area contributed by atoms with Crippen LogP contribution < -0.4 is 11.3 Å². The minimum absolute atomic E-state index is 0.0672. The van der Waals surface area contributed by atoms with Gasteiger partial charge in [0.1, 0.15) is 0 Å². The number of rotatable bonds is 4. The number of aromatic nitrogens is 2. The van der Waals surface area contributed by atoms with Crippen molar-refractivity contribution in [2.75, 3.05) is 0 Å². The number of hydrogen-bond acceptors (Lipinski definition) is 4. The summed E-state index contributed by atoms with van der Waals surface area (Å²) in [6, 6.07) is 1.83. The summed E-state index contributed by atoms with van der Waals surface area (Å²) in [4.78, 5) is 0. The normalized spacial score (nSPS) is 12.9. The van der Waals surface area contributed by atoms with E-state index in [0.29, 0.717) is 0 Å². The zero-order chi connectivity index (χ0) is 11.5. The second-order valence-electron chi connectivity index (χ2n) is 3.71. The van der Waals surface area contributed by atoms with Gasteiger partial charge in [0.2, 0.25) is 0 Å². The number of nitrogens with zero attached hydrogens (tertiary/aromatic N) is 2. The predicted octanol–water partition coefficient (Wildman–Crippen LogP) is 1.13. The molecule has 0 aliphatic heterocycles. The molecule has 2 heterocycles. The largest absolute Gasteiger partial charge is 0.472 e. The Morgan fingerprint density at radius 3 is 3.00 bits per heavy atom. The first kappa shape index (κ1) is 10.9. The third-order valence-corrected chi connectivity index (χ3v) is 2.63. The van der Waals surface area contributed by atoms with Crippen LogP contribution in [0.25, 0.3) is 0 Å². The molecule has 0 saturated carbocycles. The maximum absolute atomic E-state index is 5.60. The molecule has 0 amide bonds. The molecule has 2 aromatic heterocycles. The van der Waals surface area contributed by atoms with Crippen molar-refractivity contribution in [3.8, 4) is 0 Å². The summed E-state index contributed by atoms with van der Waals surface area (Å²) < 4.78 is 6.88. The lowest BCUT2D eigenvalue weighted by atomic mass is 10.0. The van der Waals surface area contributed by atoms with Crippen LogP contribution in [0.2, 0.25) is 0 Å². The lowest BCUT2D eigenvalue weighted by Gasteiger charge is -2.13. The molecule has 2 aromatic rings. The fourth-order valence-corrected chi connectivity index (χ4v) is 1.87. The molecule has 1 unspecified atom stereocenters. The lowest BCUT2D eigenvalue weighted by molar-refractivity contribution is 0.552. The van der Waals surface area contributed by atoms with Gasteiger partial charge < -0.3 is 4.42 Å². The molecule has 0 bridgehead atoms. The fourth-order valence-electron chi connectivity index (χ4n) is 1.87. The standard InChI is InChI=1S/C11H16N4O/c1-3-10-9(6-15(2)14-10)11(13-12)8-4-5-16-7-8/h4-7,11,13H,3,12H2,1-2H3. The first-order chi connectivity index (χ1) is 7.76. The minimum Gasteiger partial charge on any atom is -0.472 e. The van der Waals surface area contributed by atoms with E-state index in [1.54, 1.807) is 17.2 Å². The van der Waals surface area contributed by atoms with Gasteiger partial charge in [-0.1, -0.05) is 6.92 Å². The smallest absolute Gasteiger partial charge is 0.0954 e. The van der Waals surface area contributed by atoms with Crippen LogP contribution >= 0.6 is 0 Å². The SMILES string of the molecule is CCc1nn(C)cc1C(NN)c1ccoc1. The molecule has 86 valence electrons. The third-order valence-electron chi connectivity index (χ3n) is 2.63. The van der Waals surface area contributed by atoms with Crippen molar-refractivity contribution in [1.29, 1.82) is 0 Å². The van der Waals surface area contributed by atoms with Crippen molar-refractivity contribution < 1.29 is 4.42 Å². The van der Waals surface area contributed by atoms with E-state index in [9.17, 15) is 0 Å². The van der Waals surface area contributed by atoms with Gasteiger partial charge in [-0.25, -0.2) is 5.43 Å². The van der Waals surface area contributed by atoms with Crippen molar-refractivity contribution in [2.45, 2.75) is 19.4 Å². The van der Waals surface area contributed by atoms with Gasteiger partial charge >= 0.3 is 0 Å². The molecule has 0 spiro atoms. The molecule has 3 N–H and O–H groups in total. The maximum atomic E-state index is 5.60. The highest BCUT2D eigenvalue weighted by atomic mass is 16.3. The number of nitrogens with two attached hydrogens (primary N) is 1. The highest BCUT2D eigenvalue weighted by Crippen LogP contribution is 2.24. The van der Waals surface area contributed by atoms with E-state index in [4.69, 9.17) is 10.3 Å². The highest BCUT2D eigenvalue weighted by Gasteiger charge is 2.19. The molecule has 2 rings (SSSR count). The van der Waals surface area contributed by atoms with E-state index in [2.05, 4.69) is 17.4 Å². The Balaban J connectivity index is 2.40. The van der Waals surface area contributed by atoms with E-state index in [1.165, 1.54) is 0 Å². The van der Waals surface area contributed by atoms with Crippen molar-refractivity contribution in [2.24, 2.45) is 12.9 Å². The molecular formula is C11H16N4O. The summed E-state index contributed by atoms with van der Waals surface area (Å²) in [7, 11) is 1.91. The second-order valence-corrected chi connectivity index (χ2v) is 3.71. The topological polar surface area (TPSA) is 69.0 Å². The molecule has 0 aliphatic rings. The van der Waals surface area contributed by atoms with E-state index in [0.717, 1.165) is 23.2 Å². The second kappa shape index (κ2) is 4.51. The quantitative estimate of drug-likeness (QED) is 0.598. The van der Waals surface area contributed by atoms with Crippen molar-refractivity contribution in [3.63, 3.8) is 0 Å². The molecule has 0 saturated heterocycles. The lowest BCUT2D eigenvalue weighted by Crippen LogP contribution is -2.28. The summed E-state index contributed by atoms with van der Waals surface area (Å²) in [6.07, 6.45) is 6.20. The van der Waals surface area contributed by atoms with Crippen LogP contribution in [0, 0.1) is 0 Å². The Hall–Kier alpha value is -1.59. The Kier molecular flexibility index (Phi) is 3.07. The summed E-state index contributed by atoms with van der Waals surface area (Å²) in [6.45, 7) is 2.08. The maximum Gasteiger partial charge on any atom is 0.0954 e. The third kappa shape index (κ3) is 1.87. The molecule has 0 fully saturated rings. The summed E-state index contributed by atoms with van der Waals surface area (Å²) in [5, 5.41) is 4.40. The summed E-state index contributed by atoms with van der Waals surface area (Å²) >= 11 is 0. The van der Waals surface area contributed by atoms with E-state index >= 15 is 0 Å². The van der Waals surface area contributed by atoms with Crippen molar-refractivity contribution in [1.82, 2.24) is 15.2 Å². The van der Waals surface area contributed by atoms with Crippen LogP contribution in [-0.4, -0.2) is 9.78 Å². The molecule has 1 atom stereocenters. The summed E-state index contributed by atoms with van der Waals surface area (Å²) in [5.74, 6) is 5.60. The van der Waals surface area contributed by atoms with Crippen LogP contribution in [-0.2, 0) is 13.5 Å². The van der Waals surface area contributed by atoms with Gasteiger partial charge in [0.05, 0.1) is 24.3 Å². The van der Waals surface area contributed by atoms with Crippen molar-refractivity contribution >= 4 is 0 Å². The Morgan fingerprint density at radius 2 is 2.44 bits per heavy atom. The van der Waals surface area contributed by atoms with Gasteiger partial charge in [0, 0.05) is 24.4 Å². The first-order valence-electron chi connectivity index (χ1n) is 5.27. The van der Waals surface area contributed by atoms with Gasteiger partial charge in [-0.3, -0.25) is 10.5 Å². The number of nitrogens with one attached hydrogen (secondary N) is 1. The average molecular weight is 220 g/mol. The Bertz CT molecular complexity index is 447. The minimum atomic E-state index is -0.0672. The first-order valence-corrected chi connectivity index (χ1v) is 5.27.